The molecule has 2 heterocycles. The Labute approximate surface area is 166 Å². The summed E-state index contributed by atoms with van der Waals surface area (Å²) >= 11 is 0. The third-order valence-corrected chi connectivity index (χ3v) is 5.34. The van der Waals surface area contributed by atoms with Crippen LogP contribution < -0.4 is 10.2 Å². The third-order valence-electron chi connectivity index (χ3n) is 5.34. The Morgan fingerprint density at radius 2 is 1.89 bits per heavy atom. The molecule has 1 N–H and O–H groups in total. The summed E-state index contributed by atoms with van der Waals surface area (Å²) in [6.45, 7) is 2.90. The third kappa shape index (κ3) is 5.38. The lowest BCUT2D eigenvalue weighted by atomic mass is 9.95. The van der Waals surface area contributed by atoms with Gasteiger partial charge in [-0.25, -0.2) is 0 Å². The van der Waals surface area contributed by atoms with Crippen molar-refractivity contribution < 1.29 is 14.0 Å². The predicted molar refractivity (Wildman–Crippen MR) is 109 cm³/mol. The lowest BCUT2D eigenvalue weighted by molar-refractivity contribution is -0.126. The number of benzene rings is 1. The Morgan fingerprint density at radius 3 is 2.57 bits per heavy atom. The number of unbranched alkanes of at least 4 members (excludes halogenated alkanes) is 1. The van der Waals surface area contributed by atoms with Crippen molar-refractivity contribution in [2.75, 3.05) is 38.1 Å². The van der Waals surface area contributed by atoms with Crippen LogP contribution in [0.1, 0.15) is 36.0 Å². The fourth-order valence-electron chi connectivity index (χ4n) is 3.55. The van der Waals surface area contributed by atoms with Crippen molar-refractivity contribution >= 4 is 17.5 Å². The summed E-state index contributed by atoms with van der Waals surface area (Å²) in [5.74, 6) is 0.0994. The van der Waals surface area contributed by atoms with E-state index in [1.54, 1.807) is 11.0 Å². The first-order valence-electron chi connectivity index (χ1n) is 10.0. The van der Waals surface area contributed by atoms with Crippen molar-refractivity contribution in [2.24, 2.45) is 5.92 Å². The van der Waals surface area contributed by atoms with E-state index in [-0.39, 0.29) is 17.7 Å². The van der Waals surface area contributed by atoms with Gasteiger partial charge in [-0.1, -0.05) is 18.2 Å². The van der Waals surface area contributed by atoms with E-state index in [9.17, 15) is 9.59 Å². The molecule has 0 aliphatic carbocycles. The van der Waals surface area contributed by atoms with Crippen LogP contribution in [-0.4, -0.2) is 49.9 Å². The largest absolute Gasteiger partial charge is 0.472 e. The van der Waals surface area contributed by atoms with Gasteiger partial charge >= 0.3 is 0 Å². The number of rotatable bonds is 8. The fourth-order valence-corrected chi connectivity index (χ4v) is 3.55. The fraction of sp³-hybridized carbons (Fsp3) is 0.455. The number of hydrogen-bond acceptors (Lipinski definition) is 4. The molecule has 0 atom stereocenters. The second-order valence-corrected chi connectivity index (χ2v) is 7.33. The molecular formula is C22H29N3O3. The van der Waals surface area contributed by atoms with Gasteiger partial charge in [0.05, 0.1) is 11.8 Å². The van der Waals surface area contributed by atoms with Crippen LogP contribution >= 0.6 is 0 Å². The van der Waals surface area contributed by atoms with Crippen LogP contribution in [0.3, 0.4) is 0 Å². The molecule has 6 heteroatoms. The van der Waals surface area contributed by atoms with Crippen LogP contribution in [0.15, 0.2) is 53.3 Å². The first kappa shape index (κ1) is 20.0. The molecule has 2 amide bonds. The van der Waals surface area contributed by atoms with Crippen molar-refractivity contribution in [3.05, 3.63) is 54.5 Å². The highest BCUT2D eigenvalue weighted by atomic mass is 16.3. The maximum Gasteiger partial charge on any atom is 0.257 e. The van der Waals surface area contributed by atoms with Crippen molar-refractivity contribution in [1.82, 2.24) is 10.2 Å². The number of para-hydroxylation sites is 1. The first-order chi connectivity index (χ1) is 13.6. The average Bonchev–Trinajstić information content (AvgIpc) is 3.28. The van der Waals surface area contributed by atoms with Crippen LogP contribution in [0.5, 0.6) is 0 Å². The molecule has 3 rings (SSSR count). The lowest BCUT2D eigenvalue weighted by Gasteiger charge is -2.31. The number of nitrogens with one attached hydrogen (secondary N) is 1. The predicted octanol–water partition coefficient (Wildman–Crippen LogP) is 3.16. The topological polar surface area (TPSA) is 65.8 Å². The van der Waals surface area contributed by atoms with E-state index in [1.807, 2.05) is 18.2 Å². The molecule has 6 nitrogen and oxygen atoms in total. The summed E-state index contributed by atoms with van der Waals surface area (Å²) in [7, 11) is 2.09. The minimum Gasteiger partial charge on any atom is -0.472 e. The highest BCUT2D eigenvalue weighted by molar-refractivity contribution is 5.94. The van der Waals surface area contributed by atoms with E-state index in [0.717, 1.165) is 19.4 Å². The van der Waals surface area contributed by atoms with Crippen LogP contribution in [0, 0.1) is 5.92 Å². The van der Waals surface area contributed by atoms with Gasteiger partial charge in [-0.15, -0.1) is 0 Å². The normalized spacial score (nSPS) is 14.7. The minimum atomic E-state index is -0.0184. The van der Waals surface area contributed by atoms with Gasteiger partial charge in [-0.2, -0.15) is 0 Å². The number of carbonyl (C=O) groups is 2. The number of hydrogen-bond donors (Lipinski definition) is 1. The zero-order valence-corrected chi connectivity index (χ0v) is 16.5. The second-order valence-electron chi connectivity index (χ2n) is 7.33. The Hall–Kier alpha value is -2.76. The van der Waals surface area contributed by atoms with Crippen LogP contribution in [0.25, 0.3) is 0 Å². The average molecular weight is 383 g/mol. The van der Waals surface area contributed by atoms with E-state index < -0.39 is 0 Å². The van der Waals surface area contributed by atoms with Crippen molar-refractivity contribution in [2.45, 2.75) is 25.7 Å². The van der Waals surface area contributed by atoms with E-state index in [0.29, 0.717) is 38.0 Å². The van der Waals surface area contributed by atoms with E-state index in [1.165, 1.54) is 18.2 Å². The monoisotopic (exact) mass is 383 g/mol. The van der Waals surface area contributed by atoms with E-state index in [4.69, 9.17) is 4.42 Å². The molecule has 0 unspecified atom stereocenters. The number of likely N-dealkylation sites (tertiary alicyclic amines) is 1. The minimum absolute atomic E-state index is 0.000363. The highest BCUT2D eigenvalue weighted by Gasteiger charge is 2.27. The van der Waals surface area contributed by atoms with Crippen LogP contribution in [0.4, 0.5) is 5.69 Å². The summed E-state index contributed by atoms with van der Waals surface area (Å²) in [6.07, 6.45) is 6.39. The van der Waals surface area contributed by atoms with Crippen molar-refractivity contribution in [3.63, 3.8) is 0 Å². The molecule has 150 valence electrons. The molecule has 0 saturated carbocycles. The second kappa shape index (κ2) is 9.97. The van der Waals surface area contributed by atoms with Gasteiger partial charge in [-0.05, 0) is 43.9 Å². The number of anilines is 1. The number of carbonyl (C=O) groups excluding carboxylic acids is 2. The molecule has 2 aromatic rings. The van der Waals surface area contributed by atoms with E-state index >= 15 is 0 Å². The summed E-state index contributed by atoms with van der Waals surface area (Å²) in [4.78, 5) is 28.7. The van der Waals surface area contributed by atoms with Gasteiger partial charge in [0.2, 0.25) is 5.91 Å². The zero-order chi connectivity index (χ0) is 19.8. The molecule has 0 bridgehead atoms. The van der Waals surface area contributed by atoms with Gasteiger partial charge in [-0.3, -0.25) is 9.59 Å². The maximum atomic E-state index is 12.4. The summed E-state index contributed by atoms with van der Waals surface area (Å²) in [6, 6.07) is 12.0. The Balaban J connectivity index is 1.30. The molecule has 1 aliphatic heterocycles. The number of nitrogens with zero attached hydrogens (tertiary/aromatic N) is 2. The zero-order valence-electron chi connectivity index (χ0n) is 16.5. The molecule has 28 heavy (non-hydrogen) atoms. The molecule has 0 radical (unpaired) electrons. The SMILES string of the molecule is CN(CCCCNC(=O)C1CCN(C(=O)c2ccoc2)CC1)c1ccccc1. The van der Waals surface area contributed by atoms with Crippen molar-refractivity contribution in [1.29, 1.82) is 0 Å². The molecule has 1 saturated heterocycles. The van der Waals surface area contributed by atoms with Crippen molar-refractivity contribution in [3.8, 4) is 0 Å². The van der Waals surface area contributed by atoms with Gasteiger partial charge in [0.25, 0.3) is 5.91 Å². The van der Waals surface area contributed by atoms with Gasteiger partial charge in [0.1, 0.15) is 6.26 Å². The molecular weight excluding hydrogens is 354 g/mol. The Bertz CT molecular complexity index is 738. The first-order valence-corrected chi connectivity index (χ1v) is 10.0. The molecule has 1 aromatic carbocycles. The Kier molecular flexibility index (Phi) is 7.12. The van der Waals surface area contributed by atoms with E-state index in [2.05, 4.69) is 29.4 Å². The molecule has 1 aromatic heterocycles. The standard InChI is InChI=1S/C22H29N3O3/c1-24(20-7-3-2-4-8-20)13-6-5-12-23-21(26)18-9-14-25(15-10-18)22(27)19-11-16-28-17-19/h2-4,7-8,11,16-18H,5-6,9-10,12-15H2,1H3,(H,23,26). The number of furan rings is 1. The Morgan fingerprint density at radius 1 is 1.14 bits per heavy atom. The maximum absolute atomic E-state index is 12.4. The van der Waals surface area contributed by atoms with Crippen LogP contribution in [0.2, 0.25) is 0 Å². The lowest BCUT2D eigenvalue weighted by Crippen LogP contribution is -2.43. The smallest absolute Gasteiger partial charge is 0.257 e. The number of amides is 2. The van der Waals surface area contributed by atoms with Crippen LogP contribution in [-0.2, 0) is 4.79 Å². The highest BCUT2D eigenvalue weighted by Crippen LogP contribution is 2.19. The summed E-state index contributed by atoms with van der Waals surface area (Å²) in [5, 5.41) is 3.06. The van der Waals surface area contributed by atoms with Gasteiger partial charge in [0.15, 0.2) is 0 Å². The molecule has 0 spiro atoms. The molecule has 1 aliphatic rings. The van der Waals surface area contributed by atoms with Gasteiger partial charge in [0, 0.05) is 44.8 Å². The molecule has 1 fully saturated rings. The quantitative estimate of drug-likeness (QED) is 0.711. The number of piperidine rings is 1. The van der Waals surface area contributed by atoms with Gasteiger partial charge < -0.3 is 19.5 Å². The summed E-state index contributed by atoms with van der Waals surface area (Å²) in [5.41, 5.74) is 1.78. The summed E-state index contributed by atoms with van der Waals surface area (Å²) < 4.78 is 4.98.